The van der Waals surface area contributed by atoms with Gasteiger partial charge in [0, 0.05) is 12.8 Å². The minimum Gasteiger partial charge on any atom is -0.304 e. The van der Waals surface area contributed by atoms with E-state index in [-0.39, 0.29) is 0 Å². The predicted molar refractivity (Wildman–Crippen MR) is 50.5 cm³/mol. The second-order valence-electron chi connectivity index (χ2n) is 2.90. The molecule has 12 heavy (non-hydrogen) atoms. The smallest absolute Gasteiger partial charge is 0.0677 e. The maximum Gasteiger partial charge on any atom is 0.0677 e. The Labute approximate surface area is 72.3 Å². The highest BCUT2D eigenvalue weighted by Crippen LogP contribution is 2.11. The Bertz CT molecular complexity index is 266. The summed E-state index contributed by atoms with van der Waals surface area (Å²) in [5.74, 6) is 0. The largest absolute Gasteiger partial charge is 0.304 e. The number of benzene rings is 1. The van der Waals surface area contributed by atoms with Crippen molar-refractivity contribution in [3.8, 4) is 0 Å². The van der Waals surface area contributed by atoms with Gasteiger partial charge in [-0.1, -0.05) is 30.3 Å². The summed E-state index contributed by atoms with van der Waals surface area (Å²) in [4.78, 5) is 4.25. The molecule has 0 amide bonds. The monoisotopic (exact) mass is 160 g/mol. The summed E-state index contributed by atoms with van der Waals surface area (Å²) < 4.78 is 0. The Morgan fingerprint density at radius 3 is 2.75 bits per heavy atom. The van der Waals surface area contributed by atoms with Crippen molar-refractivity contribution in [2.24, 2.45) is 4.99 Å². The van der Waals surface area contributed by atoms with Gasteiger partial charge in [-0.15, -0.1) is 0 Å². The van der Waals surface area contributed by atoms with Gasteiger partial charge in [0.15, 0.2) is 0 Å². The van der Waals surface area contributed by atoms with Crippen molar-refractivity contribution >= 4 is 6.21 Å². The summed E-state index contributed by atoms with van der Waals surface area (Å²) in [5, 5.41) is 3.39. The molecule has 0 radical (unpaired) electrons. The first-order chi connectivity index (χ1) is 5.97. The molecule has 0 aromatic heterocycles. The van der Waals surface area contributed by atoms with Crippen molar-refractivity contribution in [2.45, 2.75) is 6.04 Å². The van der Waals surface area contributed by atoms with Gasteiger partial charge in [-0.05, 0) is 5.56 Å². The molecule has 0 spiro atoms. The molecule has 2 rings (SSSR count). The Morgan fingerprint density at radius 2 is 2.08 bits per heavy atom. The first-order valence-corrected chi connectivity index (χ1v) is 4.25. The molecule has 0 fully saturated rings. The molecule has 0 saturated carbocycles. The molecule has 2 nitrogen and oxygen atoms in total. The fourth-order valence-corrected chi connectivity index (χ4v) is 1.38. The lowest BCUT2D eigenvalue weighted by atomic mass is 10.1. The molecule has 1 aromatic carbocycles. The molecule has 1 atom stereocenters. The Morgan fingerprint density at radius 1 is 1.25 bits per heavy atom. The average Bonchev–Trinajstić information content (AvgIpc) is 2.21. The van der Waals surface area contributed by atoms with Crippen LogP contribution < -0.4 is 5.32 Å². The fourth-order valence-electron chi connectivity index (χ4n) is 1.38. The van der Waals surface area contributed by atoms with Gasteiger partial charge in [-0.25, -0.2) is 0 Å². The van der Waals surface area contributed by atoms with Crippen molar-refractivity contribution in [1.82, 2.24) is 5.32 Å². The molecular formula is C10H12N2. The van der Waals surface area contributed by atoms with Crippen LogP contribution in [-0.2, 0) is 0 Å². The Kier molecular flexibility index (Phi) is 2.19. The third-order valence-corrected chi connectivity index (χ3v) is 2.02. The highest BCUT2D eigenvalue weighted by atomic mass is 15.0. The minimum atomic E-state index is 0.319. The topological polar surface area (TPSA) is 24.4 Å². The van der Waals surface area contributed by atoms with E-state index < -0.39 is 0 Å². The van der Waals surface area contributed by atoms with Gasteiger partial charge in [0.25, 0.3) is 0 Å². The molecule has 1 aliphatic rings. The van der Waals surface area contributed by atoms with Gasteiger partial charge < -0.3 is 5.32 Å². The Hall–Kier alpha value is -1.15. The number of rotatable bonds is 1. The van der Waals surface area contributed by atoms with Crippen LogP contribution in [0.3, 0.4) is 0 Å². The molecule has 2 heteroatoms. The van der Waals surface area contributed by atoms with Crippen LogP contribution >= 0.6 is 0 Å². The maximum absolute atomic E-state index is 4.25. The predicted octanol–water partition coefficient (Wildman–Crippen LogP) is 1.40. The maximum atomic E-state index is 4.25. The zero-order valence-electron chi connectivity index (χ0n) is 6.90. The van der Waals surface area contributed by atoms with Gasteiger partial charge >= 0.3 is 0 Å². The van der Waals surface area contributed by atoms with Gasteiger partial charge in [0.2, 0.25) is 0 Å². The van der Waals surface area contributed by atoms with Crippen LogP contribution in [0.25, 0.3) is 0 Å². The summed E-state index contributed by atoms with van der Waals surface area (Å²) in [5.41, 5.74) is 1.29. The Balaban J connectivity index is 2.19. The number of hydrogen-bond acceptors (Lipinski definition) is 2. The van der Waals surface area contributed by atoms with Gasteiger partial charge in [-0.3, -0.25) is 4.99 Å². The molecule has 1 N–H and O–H groups in total. The molecular weight excluding hydrogens is 148 g/mol. The van der Waals surface area contributed by atoms with E-state index in [2.05, 4.69) is 34.6 Å². The van der Waals surface area contributed by atoms with Crippen LogP contribution in [0.2, 0.25) is 0 Å². The second kappa shape index (κ2) is 3.50. The van der Waals surface area contributed by atoms with Crippen molar-refractivity contribution in [3.63, 3.8) is 0 Å². The van der Waals surface area contributed by atoms with Crippen molar-refractivity contribution in [2.75, 3.05) is 13.1 Å². The summed E-state index contributed by atoms with van der Waals surface area (Å²) >= 11 is 0. The quantitative estimate of drug-likeness (QED) is 0.659. The molecule has 0 bridgehead atoms. The highest BCUT2D eigenvalue weighted by molar-refractivity contribution is 5.67. The zero-order chi connectivity index (χ0) is 8.23. The van der Waals surface area contributed by atoms with E-state index in [9.17, 15) is 0 Å². The average molecular weight is 160 g/mol. The summed E-state index contributed by atoms with van der Waals surface area (Å²) in [7, 11) is 0. The van der Waals surface area contributed by atoms with E-state index in [1.165, 1.54) is 5.56 Å². The summed E-state index contributed by atoms with van der Waals surface area (Å²) in [6.07, 6.45) is 1.98. The van der Waals surface area contributed by atoms with Crippen LogP contribution in [0, 0.1) is 0 Å². The number of nitrogens with one attached hydrogen (secondary N) is 1. The fraction of sp³-hybridized carbons (Fsp3) is 0.300. The lowest BCUT2D eigenvalue weighted by molar-refractivity contribution is 0.633. The van der Waals surface area contributed by atoms with Crippen molar-refractivity contribution < 1.29 is 0 Å². The second-order valence-corrected chi connectivity index (χ2v) is 2.90. The van der Waals surface area contributed by atoms with Crippen LogP contribution in [0.1, 0.15) is 11.6 Å². The van der Waals surface area contributed by atoms with E-state index >= 15 is 0 Å². The normalized spacial score (nSPS) is 22.5. The SMILES string of the molecule is C1=NCCNC1c1ccccc1. The first kappa shape index (κ1) is 7.50. The van der Waals surface area contributed by atoms with Crippen molar-refractivity contribution in [1.29, 1.82) is 0 Å². The zero-order valence-corrected chi connectivity index (χ0v) is 6.90. The lowest BCUT2D eigenvalue weighted by Gasteiger charge is -2.17. The van der Waals surface area contributed by atoms with Crippen LogP contribution in [0.5, 0.6) is 0 Å². The highest BCUT2D eigenvalue weighted by Gasteiger charge is 2.08. The minimum absolute atomic E-state index is 0.319. The van der Waals surface area contributed by atoms with E-state index in [4.69, 9.17) is 0 Å². The first-order valence-electron chi connectivity index (χ1n) is 4.25. The van der Waals surface area contributed by atoms with Gasteiger partial charge in [-0.2, -0.15) is 0 Å². The van der Waals surface area contributed by atoms with Crippen LogP contribution in [0.4, 0.5) is 0 Å². The third kappa shape index (κ3) is 1.53. The van der Waals surface area contributed by atoms with E-state index in [1.807, 2.05) is 12.3 Å². The lowest BCUT2D eigenvalue weighted by Crippen LogP contribution is -2.28. The van der Waals surface area contributed by atoms with Gasteiger partial charge in [0.05, 0.1) is 12.6 Å². The number of aliphatic imine (C=N–C) groups is 1. The summed E-state index contributed by atoms with van der Waals surface area (Å²) in [6.45, 7) is 1.89. The molecule has 1 aromatic rings. The van der Waals surface area contributed by atoms with E-state index in [0.29, 0.717) is 6.04 Å². The van der Waals surface area contributed by atoms with Crippen molar-refractivity contribution in [3.05, 3.63) is 35.9 Å². The van der Waals surface area contributed by atoms with Crippen LogP contribution in [0.15, 0.2) is 35.3 Å². The molecule has 1 aliphatic heterocycles. The van der Waals surface area contributed by atoms with Crippen LogP contribution in [-0.4, -0.2) is 19.3 Å². The number of nitrogens with zero attached hydrogens (tertiary/aromatic N) is 1. The molecule has 0 aliphatic carbocycles. The van der Waals surface area contributed by atoms with E-state index in [0.717, 1.165) is 13.1 Å². The standard InChI is InChI=1S/C10H12N2/c1-2-4-9(5-3-1)10-8-11-6-7-12-10/h1-5,8,10,12H,6-7H2. The molecule has 1 unspecified atom stereocenters. The van der Waals surface area contributed by atoms with Gasteiger partial charge in [0.1, 0.15) is 0 Å². The molecule has 0 saturated heterocycles. The van der Waals surface area contributed by atoms with E-state index in [1.54, 1.807) is 0 Å². The molecule has 1 heterocycles. The number of hydrogen-bond donors (Lipinski definition) is 1. The third-order valence-electron chi connectivity index (χ3n) is 2.02. The molecule has 62 valence electrons. The summed E-state index contributed by atoms with van der Waals surface area (Å²) in [6, 6.07) is 10.7.